The molecule has 444 valence electrons. The molecule has 0 aromatic carbocycles. The van der Waals surface area contributed by atoms with E-state index in [-0.39, 0.29) is 6.61 Å². The summed E-state index contributed by atoms with van der Waals surface area (Å²) >= 11 is 0. The van der Waals surface area contributed by atoms with Gasteiger partial charge in [0.05, 0.1) is 25.4 Å². The van der Waals surface area contributed by atoms with Crippen LogP contribution in [0.2, 0.25) is 0 Å². The number of aliphatic hydroxyl groups is 6. The Morgan fingerprint density at radius 1 is 0.453 bits per heavy atom. The number of carbonyl (C=O) groups excluding carboxylic acids is 1. The minimum absolute atomic E-state index is 0.303. The summed E-state index contributed by atoms with van der Waals surface area (Å²) in [6.07, 6.45) is 60.5. The van der Waals surface area contributed by atoms with Gasteiger partial charge in [0.1, 0.15) is 30.5 Å². The maximum atomic E-state index is 13.1. The van der Waals surface area contributed by atoms with Crippen molar-refractivity contribution >= 4 is 5.91 Å². The molecular weight excluding hydrogens is 939 g/mol. The largest absolute Gasteiger partial charge is 0.394 e. The summed E-state index contributed by atoms with van der Waals surface area (Å²) in [6.45, 7) is 3.63. The molecule has 1 saturated heterocycles. The van der Waals surface area contributed by atoms with Gasteiger partial charge in [-0.15, -0.1) is 0 Å². The second-order valence-corrected chi connectivity index (χ2v) is 23.1. The van der Waals surface area contributed by atoms with Crippen molar-refractivity contribution in [1.82, 2.24) is 5.32 Å². The third kappa shape index (κ3) is 43.2. The van der Waals surface area contributed by atoms with Crippen LogP contribution in [0.5, 0.6) is 0 Å². The van der Waals surface area contributed by atoms with E-state index in [1.165, 1.54) is 257 Å². The lowest BCUT2D eigenvalue weighted by Gasteiger charge is -2.40. The van der Waals surface area contributed by atoms with E-state index in [2.05, 4.69) is 31.3 Å². The number of hydrogen-bond acceptors (Lipinski definition) is 9. The van der Waals surface area contributed by atoms with E-state index in [1.807, 2.05) is 6.08 Å². The molecule has 8 atom stereocenters. The normalized spacial score (nSPS) is 19.4. The zero-order chi connectivity index (χ0) is 54.5. The van der Waals surface area contributed by atoms with Gasteiger partial charge in [-0.25, -0.2) is 0 Å². The number of carbonyl (C=O) groups is 1. The second-order valence-electron chi connectivity index (χ2n) is 23.1. The number of allylic oxidation sites excluding steroid dienone is 3. The molecule has 0 radical (unpaired) electrons. The molecule has 7 N–H and O–H groups in total. The lowest BCUT2D eigenvalue weighted by Crippen LogP contribution is -2.60. The Hall–Kier alpha value is -1.37. The molecule has 0 aromatic rings. The highest BCUT2D eigenvalue weighted by Gasteiger charge is 2.44. The lowest BCUT2D eigenvalue weighted by molar-refractivity contribution is -0.302. The first-order valence-electron chi connectivity index (χ1n) is 32.7. The predicted molar refractivity (Wildman–Crippen MR) is 315 cm³/mol. The van der Waals surface area contributed by atoms with Gasteiger partial charge in [-0.3, -0.25) is 4.79 Å². The van der Waals surface area contributed by atoms with Crippen LogP contribution >= 0.6 is 0 Å². The van der Waals surface area contributed by atoms with E-state index in [4.69, 9.17) is 9.47 Å². The number of ether oxygens (including phenoxy) is 2. The van der Waals surface area contributed by atoms with Crippen molar-refractivity contribution in [2.24, 2.45) is 0 Å². The highest BCUT2D eigenvalue weighted by atomic mass is 16.7. The molecular formula is C65H125NO9. The molecule has 75 heavy (non-hydrogen) atoms. The zero-order valence-electron chi connectivity index (χ0n) is 49.2. The third-order valence-corrected chi connectivity index (χ3v) is 15.9. The van der Waals surface area contributed by atoms with Crippen LogP contribution < -0.4 is 5.32 Å². The summed E-state index contributed by atoms with van der Waals surface area (Å²) in [5, 5.41) is 65.0. The zero-order valence-corrected chi connectivity index (χ0v) is 49.2. The van der Waals surface area contributed by atoms with Gasteiger partial charge in [-0.2, -0.15) is 0 Å². The number of nitrogens with one attached hydrogen (secondary N) is 1. The Labute approximate surface area is 462 Å². The molecule has 1 heterocycles. The molecule has 10 heteroatoms. The Morgan fingerprint density at radius 2 is 0.773 bits per heavy atom. The lowest BCUT2D eigenvalue weighted by atomic mass is 9.99. The third-order valence-electron chi connectivity index (χ3n) is 15.9. The molecule has 1 amide bonds. The summed E-state index contributed by atoms with van der Waals surface area (Å²) in [4.78, 5) is 13.1. The molecule has 1 aliphatic rings. The molecule has 8 unspecified atom stereocenters. The van der Waals surface area contributed by atoms with Crippen molar-refractivity contribution < 1.29 is 44.9 Å². The Bertz CT molecular complexity index is 1250. The monoisotopic (exact) mass is 1060 g/mol. The number of rotatable bonds is 57. The van der Waals surface area contributed by atoms with Crippen molar-refractivity contribution in [1.29, 1.82) is 0 Å². The maximum absolute atomic E-state index is 13.1. The van der Waals surface area contributed by atoms with Gasteiger partial charge in [0.15, 0.2) is 6.29 Å². The van der Waals surface area contributed by atoms with E-state index in [9.17, 15) is 35.4 Å². The summed E-state index contributed by atoms with van der Waals surface area (Å²) in [5.41, 5.74) is 0. The summed E-state index contributed by atoms with van der Waals surface area (Å²) in [7, 11) is 0. The van der Waals surface area contributed by atoms with E-state index in [0.717, 1.165) is 44.9 Å². The van der Waals surface area contributed by atoms with E-state index in [0.29, 0.717) is 6.42 Å². The Balaban J connectivity index is 2.05. The Kier molecular flexibility index (Phi) is 52.1. The standard InChI is InChI=1S/C65H125NO9/c1-3-5-7-9-11-13-15-17-18-19-20-21-22-23-24-25-26-27-28-29-30-31-32-33-34-35-36-37-38-39-40-41-42-44-46-48-50-52-54-59(69)64(73)66-57(56-74-65-63(72)62(71)61(70)60(55-67)75-65)58(68)53-51-49-47-45-43-16-14-12-10-8-6-4-2/h29-30,51,53,57-63,65,67-72H,3-28,31-50,52,54-56H2,1-2H3,(H,66,73)/b30-29-,53-51+. The van der Waals surface area contributed by atoms with Crippen LogP contribution in [0, 0.1) is 0 Å². The fourth-order valence-electron chi connectivity index (χ4n) is 10.6. The number of aliphatic hydroxyl groups excluding tert-OH is 6. The van der Waals surface area contributed by atoms with Crippen molar-refractivity contribution in [2.45, 2.75) is 371 Å². The van der Waals surface area contributed by atoms with Gasteiger partial charge in [0.2, 0.25) is 5.91 Å². The molecule has 10 nitrogen and oxygen atoms in total. The average molecular weight is 1060 g/mol. The minimum atomic E-state index is -1.61. The first-order valence-corrected chi connectivity index (χ1v) is 32.7. The molecule has 1 aliphatic heterocycles. The van der Waals surface area contributed by atoms with Crippen molar-refractivity contribution in [3.05, 3.63) is 24.3 Å². The van der Waals surface area contributed by atoms with E-state index < -0.39 is 61.5 Å². The van der Waals surface area contributed by atoms with Crippen molar-refractivity contribution in [3.63, 3.8) is 0 Å². The average Bonchev–Trinajstić information content (AvgIpc) is 3.41. The van der Waals surface area contributed by atoms with Crippen LogP contribution in [0.25, 0.3) is 0 Å². The van der Waals surface area contributed by atoms with Gasteiger partial charge >= 0.3 is 0 Å². The van der Waals surface area contributed by atoms with Crippen LogP contribution in [-0.4, -0.2) is 98.7 Å². The number of unbranched alkanes of at least 4 members (excludes halogenated alkanes) is 44. The molecule has 0 aromatic heterocycles. The quantitative estimate of drug-likeness (QED) is 0.0232. The first-order chi connectivity index (χ1) is 36.8. The highest BCUT2D eigenvalue weighted by Crippen LogP contribution is 2.23. The minimum Gasteiger partial charge on any atom is -0.394 e. The number of amides is 1. The summed E-state index contributed by atoms with van der Waals surface area (Å²) < 4.78 is 11.2. The Morgan fingerprint density at radius 3 is 1.12 bits per heavy atom. The maximum Gasteiger partial charge on any atom is 0.249 e. The molecule has 0 bridgehead atoms. The van der Waals surface area contributed by atoms with Crippen molar-refractivity contribution in [3.8, 4) is 0 Å². The SMILES string of the molecule is CCCCCCCCCCCC/C=C/C(O)C(COC1OC(CO)C(O)C(O)C1O)NC(=O)C(O)CCCCCCCCCCCCCCCCCC/C=C\CCCCCCCCCCCCCCCCCCCC. The van der Waals surface area contributed by atoms with Gasteiger partial charge in [0, 0.05) is 0 Å². The number of hydrogen-bond donors (Lipinski definition) is 7. The van der Waals surface area contributed by atoms with Gasteiger partial charge in [-0.05, 0) is 44.9 Å². The fraction of sp³-hybridized carbons (Fsp3) is 0.923. The van der Waals surface area contributed by atoms with Crippen LogP contribution in [0.15, 0.2) is 24.3 Å². The molecule has 0 saturated carbocycles. The molecule has 1 fully saturated rings. The van der Waals surface area contributed by atoms with E-state index >= 15 is 0 Å². The van der Waals surface area contributed by atoms with Crippen molar-refractivity contribution in [2.75, 3.05) is 13.2 Å². The second kappa shape index (κ2) is 54.6. The predicted octanol–water partition coefficient (Wildman–Crippen LogP) is 15.9. The van der Waals surface area contributed by atoms with Crippen LogP contribution in [0.4, 0.5) is 0 Å². The van der Waals surface area contributed by atoms with Gasteiger partial charge in [0.25, 0.3) is 0 Å². The van der Waals surface area contributed by atoms with Crippen LogP contribution in [-0.2, 0) is 14.3 Å². The fourth-order valence-corrected chi connectivity index (χ4v) is 10.6. The summed E-state index contributed by atoms with van der Waals surface area (Å²) in [6, 6.07) is -0.978. The van der Waals surface area contributed by atoms with Gasteiger partial charge < -0.3 is 45.4 Å². The smallest absolute Gasteiger partial charge is 0.249 e. The topological polar surface area (TPSA) is 169 Å². The van der Waals surface area contributed by atoms with E-state index in [1.54, 1.807) is 6.08 Å². The highest BCUT2D eigenvalue weighted by molar-refractivity contribution is 5.80. The van der Waals surface area contributed by atoms with Gasteiger partial charge in [-0.1, -0.05) is 301 Å². The first kappa shape index (κ1) is 71.6. The van der Waals surface area contributed by atoms with Crippen LogP contribution in [0.3, 0.4) is 0 Å². The summed E-state index contributed by atoms with van der Waals surface area (Å²) in [5.74, 6) is -0.612. The molecule has 0 aliphatic carbocycles. The molecule has 0 spiro atoms. The molecule has 1 rings (SSSR count). The van der Waals surface area contributed by atoms with Crippen LogP contribution in [0.1, 0.15) is 322 Å².